The van der Waals surface area contributed by atoms with Gasteiger partial charge in [0.1, 0.15) is 12.4 Å². The number of methoxy groups -OCH3 is 1. The van der Waals surface area contributed by atoms with Crippen LogP contribution in [0.15, 0.2) is 41.5 Å². The summed E-state index contributed by atoms with van der Waals surface area (Å²) in [6.07, 6.45) is 6.00. The van der Waals surface area contributed by atoms with Crippen LogP contribution in [0.5, 0.6) is 0 Å². The molecule has 2 aromatic heterocycles. The summed E-state index contributed by atoms with van der Waals surface area (Å²) in [5.41, 5.74) is 3.44. The second-order valence-corrected chi connectivity index (χ2v) is 8.06. The summed E-state index contributed by atoms with van der Waals surface area (Å²) in [6, 6.07) is 10.5. The number of nitrogens with one attached hydrogen (secondary N) is 2. The van der Waals surface area contributed by atoms with Gasteiger partial charge in [0.25, 0.3) is 0 Å². The van der Waals surface area contributed by atoms with Gasteiger partial charge in [-0.1, -0.05) is 18.2 Å². The van der Waals surface area contributed by atoms with Crippen molar-refractivity contribution in [2.75, 3.05) is 20.7 Å². The average Bonchev–Trinajstić information content (AvgIpc) is 3.39. The maximum atomic E-state index is 5.14. The van der Waals surface area contributed by atoms with Crippen LogP contribution in [0.2, 0.25) is 0 Å². The number of hydrogen-bond donors (Lipinski definition) is 2. The zero-order valence-electron chi connectivity index (χ0n) is 19.5. The molecule has 1 aliphatic rings. The van der Waals surface area contributed by atoms with Crippen LogP contribution in [0.25, 0.3) is 5.69 Å². The number of aryl methyl sites for hydroxylation is 3. The van der Waals surface area contributed by atoms with E-state index in [9.17, 15) is 0 Å². The molecule has 1 aliphatic heterocycles. The Bertz CT molecular complexity index is 1050. The number of aromatic nitrogens is 5. The van der Waals surface area contributed by atoms with Crippen molar-refractivity contribution in [2.45, 2.75) is 51.8 Å². The number of guanidine groups is 1. The normalized spacial score (nSPS) is 15.6. The summed E-state index contributed by atoms with van der Waals surface area (Å²) >= 11 is 0. The third-order valence-electron chi connectivity index (χ3n) is 5.68. The topological polar surface area (TPSA) is 94.2 Å². The lowest BCUT2D eigenvalue weighted by Crippen LogP contribution is -2.47. The summed E-state index contributed by atoms with van der Waals surface area (Å²) < 4.78 is 9.08. The minimum absolute atomic E-state index is 0. The first-order chi connectivity index (χ1) is 15.7. The van der Waals surface area contributed by atoms with Crippen LogP contribution in [0, 0.1) is 6.92 Å². The number of halogens is 1. The second-order valence-electron chi connectivity index (χ2n) is 8.06. The highest BCUT2D eigenvalue weighted by Crippen LogP contribution is 2.14. The third-order valence-corrected chi connectivity index (χ3v) is 5.68. The fourth-order valence-corrected chi connectivity index (χ4v) is 4.00. The van der Waals surface area contributed by atoms with Crippen LogP contribution in [-0.2, 0) is 30.7 Å². The molecular weight excluding hydrogens is 531 g/mol. The van der Waals surface area contributed by atoms with Gasteiger partial charge in [0.05, 0.1) is 17.9 Å². The molecule has 33 heavy (non-hydrogen) atoms. The monoisotopic (exact) mass is 564 g/mol. The molecule has 0 saturated carbocycles. The number of nitrogens with zero attached hydrogens (tertiary/aromatic N) is 6. The molecule has 3 aromatic rings. The van der Waals surface area contributed by atoms with Crippen LogP contribution in [0.3, 0.4) is 0 Å². The Labute approximate surface area is 212 Å². The van der Waals surface area contributed by atoms with E-state index in [0.717, 1.165) is 67.8 Å². The van der Waals surface area contributed by atoms with Crippen molar-refractivity contribution in [3.05, 3.63) is 59.4 Å². The first-order valence-electron chi connectivity index (χ1n) is 11.2. The lowest BCUT2D eigenvalue weighted by Gasteiger charge is -2.25. The number of ether oxygens (including phenoxy) is 1. The van der Waals surface area contributed by atoms with Gasteiger partial charge in [-0.3, -0.25) is 4.99 Å². The van der Waals surface area contributed by atoms with E-state index >= 15 is 0 Å². The third kappa shape index (κ3) is 6.53. The molecule has 10 heteroatoms. The molecule has 0 fully saturated rings. The lowest BCUT2D eigenvalue weighted by molar-refractivity contribution is 0.177. The van der Waals surface area contributed by atoms with Crippen molar-refractivity contribution < 1.29 is 4.74 Å². The van der Waals surface area contributed by atoms with Crippen LogP contribution >= 0.6 is 24.0 Å². The Kier molecular flexibility index (Phi) is 9.24. The molecule has 178 valence electrons. The standard InChI is InChI=1S/C23H32N8O.HI/c1-17-18(14-30(28-17)20-9-5-4-6-10-20)8-7-13-25-23(24-2)26-19-11-12-22-27-21(16-32-3)29-31(22)15-19;/h4-6,9-10,14,19H,7-8,11-13,15-16H2,1-3H3,(H2,24,25,26);1H. The van der Waals surface area contributed by atoms with Crippen molar-refractivity contribution in [1.82, 2.24) is 35.2 Å². The highest BCUT2D eigenvalue weighted by molar-refractivity contribution is 14.0. The van der Waals surface area contributed by atoms with Crippen LogP contribution in [-0.4, -0.2) is 57.2 Å². The van der Waals surface area contributed by atoms with E-state index in [1.807, 2.05) is 34.6 Å². The lowest BCUT2D eigenvalue weighted by atomic mass is 10.1. The molecule has 0 saturated heterocycles. The highest BCUT2D eigenvalue weighted by Gasteiger charge is 2.22. The molecule has 0 aliphatic carbocycles. The Hall–Kier alpha value is -2.47. The van der Waals surface area contributed by atoms with E-state index in [1.54, 1.807) is 7.11 Å². The van der Waals surface area contributed by atoms with Gasteiger partial charge in [0, 0.05) is 39.4 Å². The van der Waals surface area contributed by atoms with Crippen molar-refractivity contribution in [2.24, 2.45) is 4.99 Å². The molecule has 1 atom stereocenters. The van der Waals surface area contributed by atoms with Crippen LogP contribution in [0.1, 0.15) is 35.7 Å². The second kappa shape index (κ2) is 12.1. The summed E-state index contributed by atoms with van der Waals surface area (Å²) in [6.45, 7) is 4.15. The Morgan fingerprint density at radius 3 is 2.82 bits per heavy atom. The summed E-state index contributed by atoms with van der Waals surface area (Å²) in [5, 5.41) is 16.2. The van der Waals surface area contributed by atoms with Crippen molar-refractivity contribution in [3.63, 3.8) is 0 Å². The summed E-state index contributed by atoms with van der Waals surface area (Å²) in [5.74, 6) is 2.60. The van der Waals surface area contributed by atoms with E-state index in [1.165, 1.54) is 5.56 Å². The fourth-order valence-electron chi connectivity index (χ4n) is 4.00. The predicted molar refractivity (Wildman–Crippen MR) is 139 cm³/mol. The average molecular weight is 564 g/mol. The molecule has 0 amide bonds. The first kappa shape index (κ1) is 25.2. The van der Waals surface area contributed by atoms with Gasteiger partial charge in [-0.05, 0) is 43.9 Å². The molecule has 1 unspecified atom stereocenters. The number of fused-ring (bicyclic) bond motifs is 1. The van der Waals surface area contributed by atoms with Crippen molar-refractivity contribution >= 4 is 29.9 Å². The van der Waals surface area contributed by atoms with Gasteiger partial charge in [-0.2, -0.15) is 10.2 Å². The molecule has 0 spiro atoms. The molecule has 9 nitrogen and oxygen atoms in total. The van der Waals surface area contributed by atoms with Crippen molar-refractivity contribution in [1.29, 1.82) is 0 Å². The molecule has 0 bridgehead atoms. The molecule has 3 heterocycles. The maximum Gasteiger partial charge on any atom is 0.191 e. The van der Waals surface area contributed by atoms with E-state index in [0.29, 0.717) is 6.61 Å². The van der Waals surface area contributed by atoms with Crippen molar-refractivity contribution in [3.8, 4) is 5.69 Å². The number of rotatable bonds is 8. The molecule has 1 aromatic carbocycles. The molecule has 2 N–H and O–H groups in total. The fraction of sp³-hybridized carbons (Fsp3) is 0.478. The first-order valence-corrected chi connectivity index (χ1v) is 11.2. The summed E-state index contributed by atoms with van der Waals surface area (Å²) in [7, 11) is 3.47. The Morgan fingerprint density at radius 1 is 1.24 bits per heavy atom. The molecule has 4 rings (SSSR count). The Balaban J connectivity index is 0.00000306. The SMILES string of the molecule is CN=C(NCCCc1cn(-c2ccccc2)nc1C)NC1CCc2nc(COC)nn2C1.I. The van der Waals surface area contributed by atoms with Gasteiger partial charge < -0.3 is 15.4 Å². The maximum absolute atomic E-state index is 5.14. The minimum atomic E-state index is 0. The van der Waals surface area contributed by atoms with E-state index in [2.05, 4.69) is 56.1 Å². The van der Waals surface area contributed by atoms with Gasteiger partial charge in [0.15, 0.2) is 11.8 Å². The number of aliphatic imine (C=N–C) groups is 1. The van der Waals surface area contributed by atoms with E-state index < -0.39 is 0 Å². The smallest absolute Gasteiger partial charge is 0.191 e. The quantitative estimate of drug-likeness (QED) is 0.189. The molecule has 0 radical (unpaired) electrons. The Morgan fingerprint density at radius 2 is 2.06 bits per heavy atom. The number of para-hydroxylation sites is 1. The number of benzene rings is 1. The zero-order chi connectivity index (χ0) is 22.3. The van der Waals surface area contributed by atoms with Crippen LogP contribution < -0.4 is 10.6 Å². The number of hydrogen-bond acceptors (Lipinski definition) is 5. The largest absolute Gasteiger partial charge is 0.377 e. The van der Waals surface area contributed by atoms with Crippen LogP contribution in [0.4, 0.5) is 0 Å². The van der Waals surface area contributed by atoms with Gasteiger partial charge in [-0.25, -0.2) is 14.3 Å². The van der Waals surface area contributed by atoms with E-state index in [4.69, 9.17) is 4.74 Å². The van der Waals surface area contributed by atoms with E-state index in [-0.39, 0.29) is 30.0 Å². The zero-order valence-corrected chi connectivity index (χ0v) is 21.8. The predicted octanol–water partition coefficient (Wildman–Crippen LogP) is 2.65. The minimum Gasteiger partial charge on any atom is -0.377 e. The van der Waals surface area contributed by atoms with Gasteiger partial charge >= 0.3 is 0 Å². The van der Waals surface area contributed by atoms with Gasteiger partial charge in [0.2, 0.25) is 0 Å². The molecular formula is C23H33IN8O. The summed E-state index contributed by atoms with van der Waals surface area (Å²) in [4.78, 5) is 8.93. The highest BCUT2D eigenvalue weighted by atomic mass is 127. The van der Waals surface area contributed by atoms with Gasteiger partial charge in [-0.15, -0.1) is 24.0 Å².